The summed E-state index contributed by atoms with van der Waals surface area (Å²) in [4.78, 5) is 16.3. The molecule has 0 saturated carbocycles. The zero-order valence-electron chi connectivity index (χ0n) is 17.2. The van der Waals surface area contributed by atoms with Crippen molar-refractivity contribution in [3.8, 4) is 22.6 Å². The van der Waals surface area contributed by atoms with Crippen LogP contribution in [0.3, 0.4) is 0 Å². The molecular formula is C21H19F3N8O. The third kappa shape index (κ3) is 4.37. The summed E-state index contributed by atoms with van der Waals surface area (Å²) in [6, 6.07) is 9.74. The van der Waals surface area contributed by atoms with Crippen molar-refractivity contribution in [2.45, 2.75) is 19.3 Å². The van der Waals surface area contributed by atoms with Crippen LogP contribution in [0, 0.1) is 0 Å². The van der Waals surface area contributed by atoms with Crippen molar-refractivity contribution in [3.63, 3.8) is 0 Å². The van der Waals surface area contributed by atoms with Gasteiger partial charge in [-0.25, -0.2) is 9.78 Å². The maximum atomic E-state index is 12.3. The summed E-state index contributed by atoms with van der Waals surface area (Å²) in [6.45, 7) is 0.923. The Balaban J connectivity index is 1.39. The Morgan fingerprint density at radius 2 is 2.03 bits per heavy atom. The van der Waals surface area contributed by atoms with Crippen LogP contribution in [0.15, 0.2) is 48.8 Å². The number of nitrogens with zero attached hydrogens (tertiary/aromatic N) is 5. The van der Waals surface area contributed by atoms with Crippen molar-refractivity contribution in [1.82, 2.24) is 34.8 Å². The Kier molecular flexibility index (Phi) is 5.21. The number of carbonyl (C=O) groups is 1. The SMILES string of the molecule is O=C(NCC(F)(F)F)Nc1cccc(-c2cnc3cc(-c4nnc5n4CCNC5)ccn23)c1. The van der Waals surface area contributed by atoms with Crippen molar-refractivity contribution < 1.29 is 18.0 Å². The van der Waals surface area contributed by atoms with Crippen LogP contribution in [0.25, 0.3) is 28.3 Å². The molecule has 4 heterocycles. The first-order chi connectivity index (χ1) is 15.9. The van der Waals surface area contributed by atoms with Gasteiger partial charge >= 0.3 is 12.2 Å². The maximum Gasteiger partial charge on any atom is 0.405 e. The number of hydrogen-bond acceptors (Lipinski definition) is 5. The number of nitrogens with one attached hydrogen (secondary N) is 3. The first kappa shape index (κ1) is 20.9. The van der Waals surface area contributed by atoms with Crippen molar-refractivity contribution >= 4 is 17.4 Å². The molecule has 1 aliphatic rings. The highest BCUT2D eigenvalue weighted by Crippen LogP contribution is 2.27. The van der Waals surface area contributed by atoms with Crippen LogP contribution in [-0.2, 0) is 13.1 Å². The van der Waals surface area contributed by atoms with E-state index in [1.807, 2.05) is 28.8 Å². The molecule has 0 aliphatic carbocycles. The molecule has 33 heavy (non-hydrogen) atoms. The van der Waals surface area contributed by atoms with Crippen molar-refractivity contribution in [3.05, 3.63) is 54.6 Å². The first-order valence-electron chi connectivity index (χ1n) is 10.2. The van der Waals surface area contributed by atoms with Gasteiger partial charge < -0.3 is 20.5 Å². The summed E-state index contributed by atoms with van der Waals surface area (Å²) in [5.74, 6) is 1.68. The monoisotopic (exact) mass is 456 g/mol. The molecular weight excluding hydrogens is 437 g/mol. The Bertz CT molecular complexity index is 1330. The van der Waals surface area contributed by atoms with E-state index in [1.165, 1.54) is 0 Å². The predicted molar refractivity (Wildman–Crippen MR) is 114 cm³/mol. The number of rotatable bonds is 4. The Hall–Kier alpha value is -3.93. The number of carbonyl (C=O) groups excluding carboxylic acids is 1. The molecule has 3 aromatic heterocycles. The lowest BCUT2D eigenvalue weighted by Crippen LogP contribution is -2.36. The second-order valence-corrected chi connectivity index (χ2v) is 7.56. The van der Waals surface area contributed by atoms with E-state index in [1.54, 1.807) is 29.7 Å². The third-order valence-corrected chi connectivity index (χ3v) is 5.26. The normalized spacial score (nSPS) is 13.7. The molecule has 170 valence electrons. The average molecular weight is 456 g/mol. The van der Waals surface area contributed by atoms with Gasteiger partial charge in [0.05, 0.1) is 18.4 Å². The zero-order valence-corrected chi connectivity index (χ0v) is 17.2. The highest BCUT2D eigenvalue weighted by molar-refractivity contribution is 5.90. The Labute approximate surface area is 185 Å². The number of urea groups is 1. The number of benzene rings is 1. The second kappa shape index (κ2) is 8.20. The van der Waals surface area contributed by atoms with Gasteiger partial charge in [-0.3, -0.25) is 4.40 Å². The van der Waals surface area contributed by atoms with E-state index in [0.29, 0.717) is 17.9 Å². The molecule has 0 atom stereocenters. The van der Waals surface area contributed by atoms with E-state index in [-0.39, 0.29) is 0 Å². The van der Waals surface area contributed by atoms with Gasteiger partial charge in [0.1, 0.15) is 18.0 Å². The minimum absolute atomic E-state index is 0.363. The molecule has 2 amide bonds. The van der Waals surface area contributed by atoms with Gasteiger partial charge in [0.25, 0.3) is 0 Å². The van der Waals surface area contributed by atoms with E-state index in [4.69, 9.17) is 0 Å². The van der Waals surface area contributed by atoms with E-state index in [9.17, 15) is 18.0 Å². The summed E-state index contributed by atoms with van der Waals surface area (Å²) in [5.41, 5.74) is 3.48. The zero-order chi connectivity index (χ0) is 23.0. The molecule has 0 saturated heterocycles. The summed E-state index contributed by atoms with van der Waals surface area (Å²) >= 11 is 0. The Morgan fingerprint density at radius 3 is 2.88 bits per heavy atom. The van der Waals surface area contributed by atoms with Crippen LogP contribution < -0.4 is 16.0 Å². The van der Waals surface area contributed by atoms with Crippen molar-refractivity contribution in [2.24, 2.45) is 0 Å². The molecule has 5 rings (SSSR count). The van der Waals surface area contributed by atoms with Crippen LogP contribution in [0.2, 0.25) is 0 Å². The summed E-state index contributed by atoms with van der Waals surface area (Å²) in [5, 5.41) is 16.0. The number of fused-ring (bicyclic) bond motifs is 2. The molecule has 1 aromatic carbocycles. The fraction of sp³-hybridized carbons (Fsp3) is 0.238. The highest BCUT2D eigenvalue weighted by atomic mass is 19.4. The lowest BCUT2D eigenvalue weighted by atomic mass is 10.1. The number of halogens is 3. The molecule has 4 aromatic rings. The van der Waals surface area contributed by atoms with E-state index in [0.717, 1.165) is 41.6 Å². The van der Waals surface area contributed by atoms with Crippen molar-refractivity contribution in [1.29, 1.82) is 0 Å². The minimum atomic E-state index is -4.48. The van der Waals surface area contributed by atoms with Gasteiger partial charge in [-0.05, 0) is 24.3 Å². The smallest absolute Gasteiger partial charge is 0.329 e. The first-order valence-corrected chi connectivity index (χ1v) is 10.2. The number of alkyl halides is 3. The molecule has 9 nitrogen and oxygen atoms in total. The molecule has 0 radical (unpaired) electrons. The van der Waals surface area contributed by atoms with E-state index in [2.05, 4.69) is 30.4 Å². The van der Waals surface area contributed by atoms with Crippen LogP contribution in [0.4, 0.5) is 23.7 Å². The fourth-order valence-electron chi connectivity index (χ4n) is 3.75. The van der Waals surface area contributed by atoms with E-state index < -0.39 is 18.8 Å². The van der Waals surface area contributed by atoms with Crippen LogP contribution >= 0.6 is 0 Å². The number of amides is 2. The van der Waals surface area contributed by atoms with Gasteiger partial charge in [-0.15, -0.1) is 10.2 Å². The molecule has 0 bridgehead atoms. The van der Waals surface area contributed by atoms with Crippen LogP contribution in [0.1, 0.15) is 5.82 Å². The number of hydrogen-bond donors (Lipinski definition) is 3. The third-order valence-electron chi connectivity index (χ3n) is 5.26. The maximum absolute atomic E-state index is 12.3. The minimum Gasteiger partial charge on any atom is -0.329 e. The molecule has 0 fully saturated rings. The Morgan fingerprint density at radius 1 is 1.15 bits per heavy atom. The second-order valence-electron chi connectivity index (χ2n) is 7.56. The van der Waals surface area contributed by atoms with Gasteiger partial charge in [0.2, 0.25) is 0 Å². The molecule has 0 unspecified atom stereocenters. The van der Waals surface area contributed by atoms with E-state index >= 15 is 0 Å². The molecule has 12 heteroatoms. The van der Waals surface area contributed by atoms with Gasteiger partial charge in [0.15, 0.2) is 5.82 Å². The summed E-state index contributed by atoms with van der Waals surface area (Å²) in [7, 11) is 0. The quantitative estimate of drug-likeness (QED) is 0.438. The average Bonchev–Trinajstić information content (AvgIpc) is 3.41. The topological polar surface area (TPSA) is 101 Å². The largest absolute Gasteiger partial charge is 0.405 e. The number of aromatic nitrogens is 5. The van der Waals surface area contributed by atoms with Crippen LogP contribution in [-0.4, -0.2) is 49.4 Å². The predicted octanol–water partition coefficient (Wildman–Crippen LogP) is 3.05. The molecule has 3 N–H and O–H groups in total. The summed E-state index contributed by atoms with van der Waals surface area (Å²) < 4.78 is 40.9. The number of pyridine rings is 1. The summed E-state index contributed by atoms with van der Waals surface area (Å²) in [6.07, 6.45) is -0.895. The lowest BCUT2D eigenvalue weighted by molar-refractivity contribution is -0.122. The highest BCUT2D eigenvalue weighted by Gasteiger charge is 2.27. The fourth-order valence-corrected chi connectivity index (χ4v) is 3.75. The number of anilines is 1. The van der Waals surface area contributed by atoms with Gasteiger partial charge in [0, 0.05) is 36.1 Å². The van der Waals surface area contributed by atoms with Gasteiger partial charge in [-0.1, -0.05) is 12.1 Å². The standard InChI is InChI=1S/C21H19F3N8O/c22-21(23,24)12-27-20(33)28-15-3-1-2-13(8-15)16-10-26-17-9-14(4-6-31(16)17)19-30-29-18-11-25-5-7-32(18)19/h1-4,6,8-10,25H,5,7,11-12H2,(H2,27,28,33). The number of imidazole rings is 1. The lowest BCUT2D eigenvalue weighted by Gasteiger charge is -2.16. The van der Waals surface area contributed by atoms with Gasteiger partial charge in [-0.2, -0.15) is 13.2 Å². The van der Waals surface area contributed by atoms with Crippen LogP contribution in [0.5, 0.6) is 0 Å². The molecule has 1 aliphatic heterocycles. The van der Waals surface area contributed by atoms with Crippen molar-refractivity contribution in [2.75, 3.05) is 18.4 Å². The molecule has 0 spiro atoms.